The average Bonchev–Trinajstić information content (AvgIpc) is 3.05. The first-order valence-corrected chi connectivity index (χ1v) is 9.10. The maximum atomic E-state index is 12.5. The number of thioether (sulfide) groups is 1. The fourth-order valence-electron chi connectivity index (χ4n) is 2.75. The van der Waals surface area contributed by atoms with E-state index in [1.807, 2.05) is 36.4 Å². The van der Waals surface area contributed by atoms with Crippen molar-refractivity contribution in [1.29, 1.82) is 0 Å². The first-order chi connectivity index (χ1) is 11.8. The number of nitrogens with zero attached hydrogens (tertiary/aromatic N) is 1. The van der Waals surface area contributed by atoms with Crippen LogP contribution < -0.4 is 10.2 Å². The number of amides is 2. The second-order valence-electron chi connectivity index (χ2n) is 5.58. The highest BCUT2D eigenvalue weighted by Gasteiger charge is 2.25. The Bertz CT molecular complexity index is 718. The maximum Gasteiger partial charge on any atom is 0.253 e. The molecule has 2 aromatic rings. The normalized spacial score (nSPS) is 14.0. The van der Waals surface area contributed by atoms with Gasteiger partial charge in [0.2, 0.25) is 5.91 Å². The molecule has 0 bridgehead atoms. The van der Waals surface area contributed by atoms with Gasteiger partial charge >= 0.3 is 0 Å². The van der Waals surface area contributed by atoms with Crippen molar-refractivity contribution in [1.82, 2.24) is 5.32 Å². The molecule has 3 rings (SSSR count). The number of hydrogen-bond donors (Lipinski definition) is 1. The first-order valence-electron chi connectivity index (χ1n) is 8.11. The van der Waals surface area contributed by atoms with Crippen LogP contribution >= 0.6 is 11.8 Å². The van der Waals surface area contributed by atoms with Crippen LogP contribution in [0.1, 0.15) is 23.2 Å². The van der Waals surface area contributed by atoms with E-state index in [1.165, 1.54) is 4.90 Å². The Labute approximate surface area is 146 Å². The molecule has 1 fully saturated rings. The zero-order chi connectivity index (χ0) is 16.8. The van der Waals surface area contributed by atoms with Gasteiger partial charge in [0, 0.05) is 30.2 Å². The lowest BCUT2D eigenvalue weighted by Crippen LogP contribution is -2.30. The standard InChI is InChI=1S/C19H20N2O2S/c22-18-11-6-13-21(18)17-10-5-4-9-16(17)19(23)20-12-14-24-15-7-2-1-3-8-15/h1-5,7-10H,6,11-14H2,(H,20,23). The predicted molar refractivity (Wildman–Crippen MR) is 97.5 cm³/mol. The largest absolute Gasteiger partial charge is 0.351 e. The van der Waals surface area contributed by atoms with Crippen LogP contribution in [0.3, 0.4) is 0 Å². The SMILES string of the molecule is O=C(NCCSc1ccccc1)c1ccccc1N1CCCC1=O. The monoisotopic (exact) mass is 340 g/mol. The molecule has 5 heteroatoms. The Morgan fingerprint density at radius 2 is 1.83 bits per heavy atom. The molecular formula is C19H20N2O2S. The average molecular weight is 340 g/mol. The lowest BCUT2D eigenvalue weighted by molar-refractivity contribution is -0.117. The van der Waals surface area contributed by atoms with E-state index in [2.05, 4.69) is 17.4 Å². The maximum absolute atomic E-state index is 12.5. The Morgan fingerprint density at radius 3 is 2.58 bits per heavy atom. The number of nitrogens with one attached hydrogen (secondary N) is 1. The molecule has 24 heavy (non-hydrogen) atoms. The summed E-state index contributed by atoms with van der Waals surface area (Å²) in [5.41, 5.74) is 1.28. The van der Waals surface area contributed by atoms with Crippen LogP contribution in [0, 0.1) is 0 Å². The molecule has 1 N–H and O–H groups in total. The van der Waals surface area contributed by atoms with E-state index in [1.54, 1.807) is 22.7 Å². The molecule has 0 aromatic heterocycles. The molecule has 0 aliphatic carbocycles. The van der Waals surface area contributed by atoms with Gasteiger partial charge in [-0.1, -0.05) is 30.3 Å². The van der Waals surface area contributed by atoms with E-state index in [9.17, 15) is 9.59 Å². The molecule has 0 saturated carbocycles. The van der Waals surface area contributed by atoms with Gasteiger partial charge < -0.3 is 10.2 Å². The smallest absolute Gasteiger partial charge is 0.253 e. The number of hydrogen-bond acceptors (Lipinski definition) is 3. The number of benzene rings is 2. The molecule has 0 spiro atoms. The highest BCUT2D eigenvalue weighted by molar-refractivity contribution is 7.99. The summed E-state index contributed by atoms with van der Waals surface area (Å²) in [6.45, 7) is 1.27. The molecule has 1 aliphatic heterocycles. The molecule has 0 unspecified atom stereocenters. The van der Waals surface area contributed by atoms with Gasteiger partial charge in [-0.15, -0.1) is 11.8 Å². The molecule has 1 saturated heterocycles. The third kappa shape index (κ3) is 3.97. The molecule has 1 aliphatic rings. The molecular weight excluding hydrogens is 320 g/mol. The number of anilines is 1. The topological polar surface area (TPSA) is 49.4 Å². The van der Waals surface area contributed by atoms with Gasteiger partial charge in [-0.25, -0.2) is 0 Å². The van der Waals surface area contributed by atoms with Crippen LogP contribution in [0.4, 0.5) is 5.69 Å². The zero-order valence-corrected chi connectivity index (χ0v) is 14.2. The second-order valence-corrected chi connectivity index (χ2v) is 6.75. The van der Waals surface area contributed by atoms with Crippen LogP contribution in [0.15, 0.2) is 59.5 Å². The van der Waals surface area contributed by atoms with Gasteiger partial charge in [-0.05, 0) is 30.7 Å². The van der Waals surface area contributed by atoms with Crippen molar-refractivity contribution >= 4 is 29.3 Å². The molecule has 124 valence electrons. The minimum Gasteiger partial charge on any atom is -0.351 e. The lowest BCUT2D eigenvalue weighted by atomic mass is 10.1. The first kappa shape index (κ1) is 16.6. The van der Waals surface area contributed by atoms with Gasteiger partial charge in [-0.3, -0.25) is 9.59 Å². The van der Waals surface area contributed by atoms with E-state index in [4.69, 9.17) is 0 Å². The van der Waals surface area contributed by atoms with Crippen LogP contribution in [0.2, 0.25) is 0 Å². The van der Waals surface area contributed by atoms with Crippen LogP contribution in [0.5, 0.6) is 0 Å². The second kappa shape index (κ2) is 8.02. The highest BCUT2D eigenvalue weighted by Crippen LogP contribution is 2.25. The number of carbonyl (C=O) groups is 2. The van der Waals surface area contributed by atoms with Crippen LogP contribution in [-0.2, 0) is 4.79 Å². The minimum atomic E-state index is -0.126. The Balaban J connectivity index is 1.58. The van der Waals surface area contributed by atoms with Gasteiger partial charge in [0.1, 0.15) is 0 Å². The van der Waals surface area contributed by atoms with Crippen molar-refractivity contribution in [2.24, 2.45) is 0 Å². The Hall–Kier alpha value is -2.27. The minimum absolute atomic E-state index is 0.0925. The quantitative estimate of drug-likeness (QED) is 0.648. The van der Waals surface area contributed by atoms with E-state index in [0.717, 1.165) is 12.2 Å². The molecule has 1 heterocycles. The molecule has 2 amide bonds. The van der Waals surface area contributed by atoms with E-state index < -0.39 is 0 Å². The summed E-state index contributed by atoms with van der Waals surface area (Å²) in [4.78, 5) is 27.3. The zero-order valence-electron chi connectivity index (χ0n) is 13.4. The summed E-state index contributed by atoms with van der Waals surface area (Å²) in [6.07, 6.45) is 1.41. The van der Waals surface area contributed by atoms with Crippen molar-refractivity contribution in [2.45, 2.75) is 17.7 Å². The van der Waals surface area contributed by atoms with Gasteiger partial charge in [0.25, 0.3) is 5.91 Å². The fraction of sp³-hybridized carbons (Fsp3) is 0.263. The molecule has 0 atom stereocenters. The van der Waals surface area contributed by atoms with Crippen molar-refractivity contribution in [3.05, 3.63) is 60.2 Å². The lowest BCUT2D eigenvalue weighted by Gasteiger charge is -2.19. The van der Waals surface area contributed by atoms with Crippen LogP contribution in [0.25, 0.3) is 0 Å². The molecule has 0 radical (unpaired) electrons. The Kier molecular flexibility index (Phi) is 5.54. The number of para-hydroxylation sites is 1. The van der Waals surface area contributed by atoms with Gasteiger partial charge in [0.05, 0.1) is 11.3 Å². The van der Waals surface area contributed by atoms with Crippen molar-refractivity contribution in [3.8, 4) is 0 Å². The summed E-state index contributed by atoms with van der Waals surface area (Å²) in [7, 11) is 0. The van der Waals surface area contributed by atoms with Crippen molar-refractivity contribution < 1.29 is 9.59 Å². The predicted octanol–water partition coefficient (Wildman–Crippen LogP) is 3.34. The summed E-state index contributed by atoms with van der Waals surface area (Å²) in [6, 6.07) is 17.4. The summed E-state index contributed by atoms with van der Waals surface area (Å²) >= 11 is 1.71. The van der Waals surface area contributed by atoms with Gasteiger partial charge in [0.15, 0.2) is 0 Å². The highest BCUT2D eigenvalue weighted by atomic mass is 32.2. The third-order valence-electron chi connectivity index (χ3n) is 3.91. The van der Waals surface area contributed by atoms with E-state index in [0.29, 0.717) is 30.8 Å². The summed E-state index contributed by atoms with van der Waals surface area (Å²) in [5, 5.41) is 2.95. The Morgan fingerprint density at radius 1 is 1.08 bits per heavy atom. The molecule has 4 nitrogen and oxygen atoms in total. The number of carbonyl (C=O) groups excluding carboxylic acids is 2. The summed E-state index contributed by atoms with van der Waals surface area (Å²) in [5.74, 6) is 0.773. The molecule has 2 aromatic carbocycles. The fourth-order valence-corrected chi connectivity index (χ4v) is 3.54. The van der Waals surface area contributed by atoms with E-state index in [-0.39, 0.29) is 11.8 Å². The van der Waals surface area contributed by atoms with Crippen molar-refractivity contribution in [2.75, 3.05) is 23.7 Å². The van der Waals surface area contributed by atoms with Crippen LogP contribution in [-0.4, -0.2) is 30.7 Å². The van der Waals surface area contributed by atoms with Gasteiger partial charge in [-0.2, -0.15) is 0 Å². The third-order valence-corrected chi connectivity index (χ3v) is 4.93. The van der Waals surface area contributed by atoms with E-state index >= 15 is 0 Å². The summed E-state index contributed by atoms with van der Waals surface area (Å²) < 4.78 is 0. The van der Waals surface area contributed by atoms with Crippen molar-refractivity contribution in [3.63, 3.8) is 0 Å². The number of rotatable bonds is 6.